The molecule has 164 valence electrons. The van der Waals surface area contributed by atoms with Crippen molar-refractivity contribution in [2.45, 2.75) is 45.3 Å². The molecule has 30 heavy (non-hydrogen) atoms. The topological polar surface area (TPSA) is 97.0 Å². The van der Waals surface area contributed by atoms with Gasteiger partial charge in [0.2, 0.25) is 17.7 Å². The minimum absolute atomic E-state index is 0.0444. The molecule has 0 aromatic heterocycles. The fourth-order valence-electron chi connectivity index (χ4n) is 3.83. The first-order valence-electron chi connectivity index (χ1n) is 10.5. The van der Waals surface area contributed by atoms with Crippen molar-refractivity contribution in [1.29, 1.82) is 0 Å². The van der Waals surface area contributed by atoms with E-state index >= 15 is 0 Å². The predicted molar refractivity (Wildman–Crippen MR) is 112 cm³/mol. The van der Waals surface area contributed by atoms with Crippen molar-refractivity contribution in [1.82, 2.24) is 10.6 Å². The second kappa shape index (κ2) is 9.93. The van der Waals surface area contributed by atoms with E-state index in [9.17, 15) is 14.4 Å². The summed E-state index contributed by atoms with van der Waals surface area (Å²) in [5.74, 6) is -0.465. The summed E-state index contributed by atoms with van der Waals surface area (Å²) in [7, 11) is 1.58. The molecule has 0 radical (unpaired) electrons. The zero-order valence-corrected chi connectivity index (χ0v) is 17.8. The third-order valence-electron chi connectivity index (χ3n) is 5.65. The Balaban J connectivity index is 1.57. The minimum atomic E-state index is -0.649. The van der Waals surface area contributed by atoms with Gasteiger partial charge in [-0.15, -0.1) is 0 Å². The van der Waals surface area contributed by atoms with Crippen LogP contribution in [-0.2, 0) is 19.1 Å². The van der Waals surface area contributed by atoms with Crippen LogP contribution in [0.25, 0.3) is 0 Å². The summed E-state index contributed by atoms with van der Waals surface area (Å²) in [4.78, 5) is 39.5. The van der Waals surface area contributed by atoms with E-state index in [1.807, 2.05) is 13.8 Å². The zero-order chi connectivity index (χ0) is 21.7. The lowest BCUT2D eigenvalue weighted by molar-refractivity contribution is -0.132. The number of carbonyl (C=O) groups excluding carboxylic acids is 3. The van der Waals surface area contributed by atoms with Gasteiger partial charge >= 0.3 is 0 Å². The molecule has 1 aromatic carbocycles. The highest BCUT2D eigenvalue weighted by atomic mass is 16.5. The summed E-state index contributed by atoms with van der Waals surface area (Å²) >= 11 is 0. The maximum atomic E-state index is 12.8. The van der Waals surface area contributed by atoms with Gasteiger partial charge in [-0.1, -0.05) is 13.8 Å². The number of nitrogens with one attached hydrogen (secondary N) is 2. The van der Waals surface area contributed by atoms with Gasteiger partial charge in [-0.25, -0.2) is 0 Å². The van der Waals surface area contributed by atoms with Crippen molar-refractivity contribution in [3.63, 3.8) is 0 Å². The van der Waals surface area contributed by atoms with Crippen molar-refractivity contribution < 1.29 is 23.9 Å². The van der Waals surface area contributed by atoms with Gasteiger partial charge in [-0.2, -0.15) is 0 Å². The fourth-order valence-corrected chi connectivity index (χ4v) is 3.83. The maximum Gasteiger partial charge on any atom is 0.242 e. The Labute approximate surface area is 177 Å². The van der Waals surface area contributed by atoms with Gasteiger partial charge in [-0.3, -0.25) is 14.4 Å². The molecule has 8 heteroatoms. The van der Waals surface area contributed by atoms with E-state index in [0.29, 0.717) is 18.8 Å². The number of benzene rings is 1. The molecule has 3 atom stereocenters. The molecule has 3 amide bonds. The number of hydrogen-bond acceptors (Lipinski definition) is 5. The van der Waals surface area contributed by atoms with Crippen molar-refractivity contribution in [2.75, 3.05) is 31.7 Å². The van der Waals surface area contributed by atoms with Crippen LogP contribution >= 0.6 is 0 Å². The van der Waals surface area contributed by atoms with E-state index in [1.165, 1.54) is 0 Å². The molecule has 0 unspecified atom stereocenters. The van der Waals surface area contributed by atoms with Crippen molar-refractivity contribution >= 4 is 23.4 Å². The highest BCUT2D eigenvalue weighted by molar-refractivity contribution is 6.01. The Hall–Kier alpha value is -2.61. The summed E-state index contributed by atoms with van der Waals surface area (Å²) in [6.45, 7) is 5.25. The Morgan fingerprint density at radius 3 is 2.60 bits per heavy atom. The van der Waals surface area contributed by atoms with Crippen LogP contribution in [0.4, 0.5) is 5.69 Å². The Bertz CT molecular complexity index is 759. The second-order valence-electron chi connectivity index (χ2n) is 8.21. The number of carbonyl (C=O) groups is 3. The molecule has 0 aliphatic carbocycles. The van der Waals surface area contributed by atoms with E-state index in [0.717, 1.165) is 25.1 Å². The Morgan fingerprint density at radius 1 is 1.27 bits per heavy atom. The number of rotatable bonds is 8. The number of anilines is 1. The first-order chi connectivity index (χ1) is 14.4. The summed E-state index contributed by atoms with van der Waals surface area (Å²) in [6.07, 6.45) is 2.11. The van der Waals surface area contributed by atoms with Gasteiger partial charge in [0.05, 0.1) is 19.1 Å². The average Bonchev–Trinajstić information content (AvgIpc) is 3.39. The van der Waals surface area contributed by atoms with Crippen molar-refractivity contribution in [3.8, 4) is 5.75 Å². The normalized spacial score (nSPS) is 22.3. The quantitative estimate of drug-likeness (QED) is 0.668. The van der Waals surface area contributed by atoms with Crippen LogP contribution in [0.2, 0.25) is 0 Å². The van der Waals surface area contributed by atoms with Crippen LogP contribution in [0.3, 0.4) is 0 Å². The fraction of sp³-hybridized carbons (Fsp3) is 0.591. The molecule has 8 nitrogen and oxygen atoms in total. The summed E-state index contributed by atoms with van der Waals surface area (Å²) in [5, 5.41) is 5.74. The standard InChI is InChI=1S/C22H31N3O5/c1-14(2)20(22(28)23-12-18-5-4-10-30-18)24-21(27)15-11-19(26)25(13-15)16-6-8-17(29-3)9-7-16/h6-9,14-15,18,20H,4-5,10-13H2,1-3H3,(H,23,28)(H,24,27)/t15-,18+,20+/m1/s1. The molecule has 2 saturated heterocycles. The van der Waals surface area contributed by atoms with E-state index in [2.05, 4.69) is 10.6 Å². The van der Waals surface area contributed by atoms with Crippen LogP contribution in [0.5, 0.6) is 5.75 Å². The lowest BCUT2D eigenvalue weighted by atomic mass is 10.0. The van der Waals surface area contributed by atoms with Crippen LogP contribution in [0.15, 0.2) is 24.3 Å². The summed E-state index contributed by atoms with van der Waals surface area (Å²) in [5.41, 5.74) is 0.728. The molecule has 2 N–H and O–H groups in total. The molecule has 3 rings (SSSR count). The van der Waals surface area contributed by atoms with Gasteiger partial charge in [0.15, 0.2) is 0 Å². The summed E-state index contributed by atoms with van der Waals surface area (Å²) < 4.78 is 10.7. The maximum absolute atomic E-state index is 12.8. The molecule has 2 aliphatic rings. The molecule has 2 heterocycles. The largest absolute Gasteiger partial charge is 0.497 e. The lowest BCUT2D eigenvalue weighted by Crippen LogP contribution is -2.52. The highest BCUT2D eigenvalue weighted by Gasteiger charge is 2.37. The van der Waals surface area contributed by atoms with Crippen LogP contribution in [-0.4, -0.2) is 56.7 Å². The average molecular weight is 418 g/mol. The van der Waals surface area contributed by atoms with Gasteiger partial charge in [0.1, 0.15) is 11.8 Å². The van der Waals surface area contributed by atoms with E-state index in [1.54, 1.807) is 36.3 Å². The lowest BCUT2D eigenvalue weighted by Gasteiger charge is -2.24. The van der Waals surface area contributed by atoms with Crippen molar-refractivity contribution in [2.24, 2.45) is 11.8 Å². The number of ether oxygens (including phenoxy) is 2. The van der Waals surface area contributed by atoms with Gasteiger partial charge in [0.25, 0.3) is 0 Å². The smallest absolute Gasteiger partial charge is 0.242 e. The first-order valence-corrected chi connectivity index (χ1v) is 10.5. The molecule has 0 saturated carbocycles. The molecule has 2 fully saturated rings. The van der Waals surface area contributed by atoms with Crippen LogP contribution in [0, 0.1) is 11.8 Å². The minimum Gasteiger partial charge on any atom is -0.497 e. The van der Waals surface area contributed by atoms with Crippen LogP contribution < -0.4 is 20.3 Å². The molecular weight excluding hydrogens is 386 g/mol. The molecule has 2 aliphatic heterocycles. The first kappa shape index (κ1) is 22.1. The predicted octanol–water partition coefficient (Wildman–Crippen LogP) is 1.48. The molecular formula is C22H31N3O5. The molecule has 1 aromatic rings. The Morgan fingerprint density at radius 2 is 2.00 bits per heavy atom. The number of nitrogens with zero attached hydrogens (tertiary/aromatic N) is 1. The summed E-state index contributed by atoms with van der Waals surface area (Å²) in [6, 6.07) is 6.51. The monoisotopic (exact) mass is 417 g/mol. The molecule has 0 bridgehead atoms. The van der Waals surface area contributed by atoms with Crippen LogP contribution in [0.1, 0.15) is 33.1 Å². The molecule has 0 spiro atoms. The number of amides is 3. The van der Waals surface area contributed by atoms with Gasteiger partial charge < -0.3 is 25.0 Å². The Kier molecular flexibility index (Phi) is 7.31. The third kappa shape index (κ3) is 5.30. The SMILES string of the molecule is COc1ccc(N2C[C@H](C(=O)N[C@H](C(=O)NC[C@@H]3CCCO3)C(C)C)CC2=O)cc1. The van der Waals surface area contributed by atoms with Gasteiger partial charge in [0, 0.05) is 31.8 Å². The van der Waals surface area contributed by atoms with E-state index in [4.69, 9.17) is 9.47 Å². The highest BCUT2D eigenvalue weighted by Crippen LogP contribution is 2.27. The van der Waals surface area contributed by atoms with Gasteiger partial charge in [-0.05, 0) is 43.0 Å². The zero-order valence-electron chi connectivity index (χ0n) is 17.8. The van der Waals surface area contributed by atoms with Crippen molar-refractivity contribution in [3.05, 3.63) is 24.3 Å². The number of hydrogen-bond donors (Lipinski definition) is 2. The van der Waals surface area contributed by atoms with E-state index < -0.39 is 12.0 Å². The van der Waals surface area contributed by atoms with E-state index in [-0.39, 0.29) is 36.2 Å². The second-order valence-corrected chi connectivity index (χ2v) is 8.21. The third-order valence-corrected chi connectivity index (χ3v) is 5.65. The number of methoxy groups -OCH3 is 1.